The molecule has 7 nitrogen and oxygen atoms in total. The molecule has 2 N–H and O–H groups in total. The number of aromatic nitrogens is 3. The Balaban J connectivity index is 1.83. The van der Waals surface area contributed by atoms with Crippen LogP contribution in [0.25, 0.3) is 5.76 Å². The van der Waals surface area contributed by atoms with Gasteiger partial charge in [0.1, 0.15) is 17.6 Å². The van der Waals surface area contributed by atoms with Gasteiger partial charge in [-0.1, -0.05) is 6.07 Å². The molecule has 0 saturated heterocycles. The molecule has 3 rings (SSSR count). The SMILES string of the molecule is O=C(C=C(O)c1nc[nH]n1)c1ccoc1Oc1cccc(C(F)(F)F)c1. The van der Waals surface area contributed by atoms with Gasteiger partial charge in [-0.05, 0) is 24.3 Å². The van der Waals surface area contributed by atoms with Gasteiger partial charge in [-0.15, -0.1) is 0 Å². The molecular formula is C16H10F3N3O4. The number of carbonyl (C=O) groups excluding carboxylic acids is 1. The van der Waals surface area contributed by atoms with E-state index in [4.69, 9.17) is 9.15 Å². The molecule has 0 aliphatic heterocycles. The topological polar surface area (TPSA) is 101 Å². The average molecular weight is 365 g/mol. The maximum absolute atomic E-state index is 12.7. The fourth-order valence-electron chi connectivity index (χ4n) is 2.00. The number of aliphatic hydroxyl groups excluding tert-OH is 1. The van der Waals surface area contributed by atoms with Gasteiger partial charge in [0.15, 0.2) is 11.5 Å². The highest BCUT2D eigenvalue weighted by Gasteiger charge is 2.30. The van der Waals surface area contributed by atoms with E-state index in [-0.39, 0.29) is 23.1 Å². The third kappa shape index (κ3) is 3.74. The van der Waals surface area contributed by atoms with Crippen LogP contribution < -0.4 is 4.74 Å². The van der Waals surface area contributed by atoms with E-state index in [1.165, 1.54) is 18.5 Å². The van der Waals surface area contributed by atoms with Gasteiger partial charge in [0.2, 0.25) is 5.82 Å². The van der Waals surface area contributed by atoms with Gasteiger partial charge >= 0.3 is 12.1 Å². The first kappa shape index (κ1) is 17.3. The fraction of sp³-hybridized carbons (Fsp3) is 0.0625. The van der Waals surface area contributed by atoms with Crippen molar-refractivity contribution in [1.82, 2.24) is 15.2 Å². The van der Waals surface area contributed by atoms with Crippen molar-refractivity contribution in [3.63, 3.8) is 0 Å². The number of aromatic amines is 1. The predicted octanol–water partition coefficient (Wildman–Crippen LogP) is 3.99. The molecule has 0 unspecified atom stereocenters. The fourth-order valence-corrected chi connectivity index (χ4v) is 2.00. The number of ketones is 1. The van der Waals surface area contributed by atoms with Gasteiger partial charge in [0, 0.05) is 6.08 Å². The van der Waals surface area contributed by atoms with E-state index in [0.717, 1.165) is 30.5 Å². The Bertz CT molecular complexity index is 946. The Morgan fingerprint density at radius 1 is 1.31 bits per heavy atom. The standard InChI is InChI=1S/C16H10F3N3O4/c17-16(18,19)9-2-1-3-10(6-9)26-15-11(4-5-25-15)12(23)7-13(24)14-20-8-21-22-14/h1-8,24H,(H,20,21,22). The van der Waals surface area contributed by atoms with Crippen molar-refractivity contribution in [3.8, 4) is 11.7 Å². The first-order valence-corrected chi connectivity index (χ1v) is 7.08. The molecule has 1 aromatic carbocycles. The predicted molar refractivity (Wildman–Crippen MR) is 81.5 cm³/mol. The maximum atomic E-state index is 12.7. The molecule has 3 aromatic rings. The van der Waals surface area contributed by atoms with Crippen molar-refractivity contribution in [2.45, 2.75) is 6.18 Å². The summed E-state index contributed by atoms with van der Waals surface area (Å²) in [6.07, 6.45) is -1.35. The molecular weight excluding hydrogens is 355 g/mol. The van der Waals surface area contributed by atoms with Crippen LogP contribution in [0.1, 0.15) is 21.7 Å². The van der Waals surface area contributed by atoms with Crippen LogP contribution in [0.5, 0.6) is 11.7 Å². The van der Waals surface area contributed by atoms with Gasteiger partial charge in [-0.2, -0.15) is 18.3 Å². The second-order valence-electron chi connectivity index (χ2n) is 4.97. The number of benzene rings is 1. The number of rotatable bonds is 5. The molecule has 0 atom stereocenters. The molecule has 134 valence electrons. The number of halogens is 3. The van der Waals surface area contributed by atoms with Gasteiger partial charge in [-0.25, -0.2) is 4.98 Å². The molecule has 0 amide bonds. The monoisotopic (exact) mass is 365 g/mol. The minimum absolute atomic E-state index is 0.0931. The van der Waals surface area contributed by atoms with E-state index in [1.807, 2.05) is 0 Å². The first-order chi connectivity index (χ1) is 12.3. The number of nitrogens with zero attached hydrogens (tertiary/aromatic N) is 2. The van der Waals surface area contributed by atoms with Crippen molar-refractivity contribution >= 4 is 11.5 Å². The lowest BCUT2D eigenvalue weighted by Crippen LogP contribution is -2.04. The zero-order valence-electron chi connectivity index (χ0n) is 12.8. The number of nitrogens with one attached hydrogen (secondary N) is 1. The summed E-state index contributed by atoms with van der Waals surface area (Å²) >= 11 is 0. The zero-order valence-corrected chi connectivity index (χ0v) is 12.8. The largest absolute Gasteiger partial charge is 0.504 e. The molecule has 0 radical (unpaired) electrons. The third-order valence-corrected chi connectivity index (χ3v) is 3.18. The minimum atomic E-state index is -4.54. The number of hydrogen-bond donors (Lipinski definition) is 2. The number of allylic oxidation sites excluding steroid dienone is 1. The first-order valence-electron chi connectivity index (χ1n) is 7.08. The summed E-state index contributed by atoms with van der Waals surface area (Å²) in [7, 11) is 0. The minimum Gasteiger partial charge on any atom is -0.504 e. The highest BCUT2D eigenvalue weighted by Crippen LogP contribution is 2.34. The van der Waals surface area contributed by atoms with Crippen molar-refractivity contribution in [2.24, 2.45) is 0 Å². The van der Waals surface area contributed by atoms with Crippen LogP contribution in [0.3, 0.4) is 0 Å². The molecule has 0 bridgehead atoms. The lowest BCUT2D eigenvalue weighted by molar-refractivity contribution is -0.137. The number of ether oxygens (including phenoxy) is 1. The Morgan fingerprint density at radius 3 is 2.81 bits per heavy atom. The lowest BCUT2D eigenvalue weighted by atomic mass is 10.2. The van der Waals surface area contributed by atoms with Crippen LogP contribution in [0.4, 0.5) is 13.2 Å². The zero-order chi connectivity index (χ0) is 18.7. The Hall–Kier alpha value is -3.56. The molecule has 0 fully saturated rings. The molecule has 26 heavy (non-hydrogen) atoms. The van der Waals surface area contributed by atoms with Crippen molar-refractivity contribution in [2.75, 3.05) is 0 Å². The Kier molecular flexibility index (Phi) is 4.48. The lowest BCUT2D eigenvalue weighted by Gasteiger charge is -2.09. The Morgan fingerprint density at radius 2 is 2.12 bits per heavy atom. The van der Waals surface area contributed by atoms with Gasteiger partial charge in [0.05, 0.1) is 11.8 Å². The molecule has 2 aromatic heterocycles. The van der Waals surface area contributed by atoms with E-state index in [0.29, 0.717) is 0 Å². The molecule has 0 aliphatic carbocycles. The molecule has 0 saturated carbocycles. The third-order valence-electron chi connectivity index (χ3n) is 3.18. The van der Waals surface area contributed by atoms with Gasteiger partial charge < -0.3 is 14.3 Å². The normalized spacial score (nSPS) is 12.2. The number of alkyl halides is 3. The Labute approximate surface area is 143 Å². The van der Waals surface area contributed by atoms with Crippen LogP contribution in [0.15, 0.2) is 53.4 Å². The van der Waals surface area contributed by atoms with E-state index >= 15 is 0 Å². The van der Waals surface area contributed by atoms with Crippen molar-refractivity contribution < 1.29 is 32.2 Å². The highest BCUT2D eigenvalue weighted by atomic mass is 19.4. The van der Waals surface area contributed by atoms with E-state index in [9.17, 15) is 23.1 Å². The van der Waals surface area contributed by atoms with Crippen LogP contribution in [-0.2, 0) is 6.18 Å². The maximum Gasteiger partial charge on any atom is 0.416 e. The number of H-pyrrole nitrogens is 1. The summed E-state index contributed by atoms with van der Waals surface area (Å²) in [5, 5.41) is 15.8. The molecule has 0 spiro atoms. The van der Waals surface area contributed by atoms with E-state index < -0.39 is 23.3 Å². The summed E-state index contributed by atoms with van der Waals surface area (Å²) < 4.78 is 48.5. The summed E-state index contributed by atoms with van der Waals surface area (Å²) in [4.78, 5) is 15.9. The summed E-state index contributed by atoms with van der Waals surface area (Å²) in [5.74, 6) is -1.77. The summed E-state index contributed by atoms with van der Waals surface area (Å²) in [6.45, 7) is 0. The molecule has 0 aliphatic rings. The van der Waals surface area contributed by atoms with Crippen molar-refractivity contribution in [3.05, 3.63) is 65.9 Å². The van der Waals surface area contributed by atoms with Gasteiger partial charge in [-0.3, -0.25) is 9.89 Å². The number of carbonyl (C=O) groups is 1. The van der Waals surface area contributed by atoms with E-state index in [1.54, 1.807) is 0 Å². The smallest absolute Gasteiger partial charge is 0.416 e. The summed E-state index contributed by atoms with van der Waals surface area (Å²) in [5.41, 5.74) is -0.999. The number of hydrogen-bond acceptors (Lipinski definition) is 6. The second kappa shape index (κ2) is 6.75. The van der Waals surface area contributed by atoms with Crippen LogP contribution >= 0.6 is 0 Å². The van der Waals surface area contributed by atoms with Crippen molar-refractivity contribution in [1.29, 1.82) is 0 Å². The van der Waals surface area contributed by atoms with Crippen LogP contribution in [-0.4, -0.2) is 26.1 Å². The number of furan rings is 1. The second-order valence-corrected chi connectivity index (χ2v) is 4.97. The average Bonchev–Trinajstić information content (AvgIpc) is 3.26. The number of aliphatic hydroxyl groups is 1. The summed E-state index contributed by atoms with van der Waals surface area (Å²) in [6, 6.07) is 5.37. The van der Waals surface area contributed by atoms with Crippen LogP contribution in [0.2, 0.25) is 0 Å². The molecule has 10 heteroatoms. The quantitative estimate of drug-likeness (QED) is 0.403. The highest BCUT2D eigenvalue weighted by molar-refractivity contribution is 6.08. The molecule has 2 heterocycles. The van der Waals surface area contributed by atoms with E-state index in [2.05, 4.69) is 15.2 Å². The van der Waals surface area contributed by atoms with Gasteiger partial charge in [0.25, 0.3) is 0 Å². The van der Waals surface area contributed by atoms with Crippen LogP contribution in [0, 0.1) is 0 Å².